The lowest BCUT2D eigenvalue weighted by Gasteiger charge is -2.33. The summed E-state index contributed by atoms with van der Waals surface area (Å²) in [6.45, 7) is 14.6. The highest BCUT2D eigenvalue weighted by atomic mass is 16.2. The molecule has 0 aromatic rings. The van der Waals surface area contributed by atoms with Gasteiger partial charge >= 0.3 is 0 Å². The van der Waals surface area contributed by atoms with E-state index in [0.717, 1.165) is 32.6 Å². The lowest BCUT2D eigenvalue weighted by molar-refractivity contribution is -0.137. The smallest absolute Gasteiger partial charge is 0.226 e. The van der Waals surface area contributed by atoms with E-state index in [4.69, 9.17) is 0 Å². The van der Waals surface area contributed by atoms with Crippen molar-refractivity contribution in [2.45, 2.75) is 41.0 Å². The third-order valence-corrected chi connectivity index (χ3v) is 3.40. The Bertz CT molecular complexity index is 253. The predicted octanol–water partition coefficient (Wildman–Crippen LogP) is 2.37. The van der Waals surface area contributed by atoms with Crippen LogP contribution in [0.1, 0.15) is 41.0 Å². The fourth-order valence-corrected chi connectivity index (χ4v) is 2.74. The third-order valence-electron chi connectivity index (χ3n) is 3.40. The van der Waals surface area contributed by atoms with Crippen molar-refractivity contribution < 1.29 is 4.79 Å². The molecule has 2 atom stereocenters. The first-order valence-electron chi connectivity index (χ1n) is 7.39. The van der Waals surface area contributed by atoms with Gasteiger partial charge < -0.3 is 10.2 Å². The number of rotatable bonds is 5. The first kappa shape index (κ1) is 15.5. The summed E-state index contributed by atoms with van der Waals surface area (Å²) < 4.78 is 0. The molecule has 1 rings (SSSR count). The normalized spacial score (nSPS) is 24.6. The van der Waals surface area contributed by atoms with Crippen molar-refractivity contribution in [3.8, 4) is 0 Å². The molecule has 1 N–H and O–H groups in total. The summed E-state index contributed by atoms with van der Waals surface area (Å²) >= 11 is 0. The molecule has 0 aromatic heterocycles. The second-order valence-corrected chi connectivity index (χ2v) is 6.73. The van der Waals surface area contributed by atoms with Crippen LogP contribution in [-0.2, 0) is 4.79 Å². The molecule has 0 aromatic carbocycles. The number of carbonyl (C=O) groups excluding carboxylic acids is 1. The molecule has 18 heavy (non-hydrogen) atoms. The van der Waals surface area contributed by atoms with Gasteiger partial charge in [0, 0.05) is 19.6 Å². The lowest BCUT2D eigenvalue weighted by atomic mass is 9.90. The molecule has 2 unspecified atom stereocenters. The van der Waals surface area contributed by atoms with Gasteiger partial charge in [-0.3, -0.25) is 4.79 Å². The molecular formula is C15H30N2O. The van der Waals surface area contributed by atoms with Crippen molar-refractivity contribution in [3.05, 3.63) is 0 Å². The second kappa shape index (κ2) is 7.13. The number of hydrogen-bond acceptors (Lipinski definition) is 2. The zero-order chi connectivity index (χ0) is 13.7. The van der Waals surface area contributed by atoms with Crippen molar-refractivity contribution in [1.82, 2.24) is 10.2 Å². The topological polar surface area (TPSA) is 32.3 Å². The number of nitrogens with zero attached hydrogens (tertiary/aromatic N) is 1. The molecule has 1 aliphatic rings. The molecule has 1 fully saturated rings. The van der Waals surface area contributed by atoms with Crippen molar-refractivity contribution in [2.24, 2.45) is 23.7 Å². The molecule has 1 heterocycles. The zero-order valence-electron chi connectivity index (χ0n) is 12.7. The van der Waals surface area contributed by atoms with Gasteiger partial charge in [0.15, 0.2) is 0 Å². The fraction of sp³-hybridized carbons (Fsp3) is 0.933. The molecule has 3 heteroatoms. The molecule has 0 spiro atoms. The minimum absolute atomic E-state index is 0.186. The third kappa shape index (κ3) is 4.97. The molecule has 1 amide bonds. The summed E-state index contributed by atoms with van der Waals surface area (Å²) in [7, 11) is 0. The minimum atomic E-state index is 0.186. The number of piperidine rings is 1. The molecular weight excluding hydrogens is 224 g/mol. The van der Waals surface area contributed by atoms with Crippen LogP contribution in [0.15, 0.2) is 0 Å². The molecule has 0 aliphatic carbocycles. The van der Waals surface area contributed by atoms with Gasteiger partial charge in [0.1, 0.15) is 0 Å². The van der Waals surface area contributed by atoms with E-state index >= 15 is 0 Å². The van der Waals surface area contributed by atoms with Crippen LogP contribution in [0.3, 0.4) is 0 Å². The summed E-state index contributed by atoms with van der Waals surface area (Å²) in [5.74, 6) is 2.25. The van der Waals surface area contributed by atoms with Gasteiger partial charge in [-0.25, -0.2) is 0 Å². The zero-order valence-corrected chi connectivity index (χ0v) is 12.7. The van der Waals surface area contributed by atoms with Crippen LogP contribution in [0.5, 0.6) is 0 Å². The molecule has 106 valence electrons. The summed E-state index contributed by atoms with van der Waals surface area (Å²) in [6, 6.07) is 0. The SMILES string of the molecule is CC(C)CN(CC(C)C)C(=O)C1CNCC(C)C1. The van der Waals surface area contributed by atoms with E-state index in [1.54, 1.807) is 0 Å². The standard InChI is InChI=1S/C15H30N2O/c1-11(2)9-17(10-12(3)4)15(18)14-6-13(5)7-16-8-14/h11-14,16H,6-10H2,1-5H3. The molecule has 1 aliphatic heterocycles. The van der Waals surface area contributed by atoms with Gasteiger partial charge in [-0.1, -0.05) is 34.6 Å². The van der Waals surface area contributed by atoms with Crippen LogP contribution in [0.4, 0.5) is 0 Å². The number of carbonyl (C=O) groups is 1. The Kier molecular flexibility index (Phi) is 6.13. The maximum Gasteiger partial charge on any atom is 0.226 e. The highest BCUT2D eigenvalue weighted by Gasteiger charge is 2.29. The van der Waals surface area contributed by atoms with E-state index in [2.05, 4.69) is 44.8 Å². The highest BCUT2D eigenvalue weighted by Crippen LogP contribution is 2.19. The van der Waals surface area contributed by atoms with Gasteiger partial charge in [-0.05, 0) is 30.7 Å². The molecule has 0 radical (unpaired) electrons. The van der Waals surface area contributed by atoms with Crippen LogP contribution < -0.4 is 5.32 Å². The maximum absolute atomic E-state index is 12.6. The van der Waals surface area contributed by atoms with Crippen molar-refractivity contribution in [3.63, 3.8) is 0 Å². The van der Waals surface area contributed by atoms with Crippen molar-refractivity contribution >= 4 is 5.91 Å². The van der Waals surface area contributed by atoms with Crippen LogP contribution >= 0.6 is 0 Å². The minimum Gasteiger partial charge on any atom is -0.342 e. The van der Waals surface area contributed by atoms with Crippen LogP contribution in [0.2, 0.25) is 0 Å². The first-order chi connectivity index (χ1) is 8.40. The summed E-state index contributed by atoms with van der Waals surface area (Å²) in [5, 5.41) is 3.38. The molecule has 0 bridgehead atoms. The Morgan fingerprint density at radius 3 is 2.17 bits per heavy atom. The van der Waals surface area contributed by atoms with E-state index in [-0.39, 0.29) is 5.92 Å². The van der Waals surface area contributed by atoms with Gasteiger partial charge in [-0.2, -0.15) is 0 Å². The van der Waals surface area contributed by atoms with Gasteiger partial charge in [-0.15, -0.1) is 0 Å². The summed E-state index contributed by atoms with van der Waals surface area (Å²) in [5.41, 5.74) is 0. The fourth-order valence-electron chi connectivity index (χ4n) is 2.74. The van der Waals surface area contributed by atoms with Gasteiger partial charge in [0.05, 0.1) is 5.92 Å². The van der Waals surface area contributed by atoms with E-state index in [1.807, 2.05) is 0 Å². The number of amides is 1. The quantitative estimate of drug-likeness (QED) is 0.817. The maximum atomic E-state index is 12.6. The molecule has 3 nitrogen and oxygen atoms in total. The van der Waals surface area contributed by atoms with Crippen molar-refractivity contribution in [2.75, 3.05) is 26.2 Å². The Morgan fingerprint density at radius 2 is 1.72 bits per heavy atom. The Balaban J connectivity index is 2.62. The Hall–Kier alpha value is -0.570. The predicted molar refractivity (Wildman–Crippen MR) is 76.4 cm³/mol. The monoisotopic (exact) mass is 254 g/mol. The summed E-state index contributed by atoms with van der Waals surface area (Å²) in [6.07, 6.45) is 1.04. The number of hydrogen-bond donors (Lipinski definition) is 1. The highest BCUT2D eigenvalue weighted by molar-refractivity contribution is 5.79. The second-order valence-electron chi connectivity index (χ2n) is 6.73. The largest absolute Gasteiger partial charge is 0.342 e. The molecule has 1 saturated heterocycles. The average molecular weight is 254 g/mol. The van der Waals surface area contributed by atoms with Gasteiger partial charge in [0.2, 0.25) is 5.91 Å². The van der Waals surface area contributed by atoms with Crippen LogP contribution in [-0.4, -0.2) is 37.0 Å². The van der Waals surface area contributed by atoms with E-state index in [0.29, 0.717) is 23.7 Å². The first-order valence-corrected chi connectivity index (χ1v) is 7.39. The van der Waals surface area contributed by atoms with E-state index in [9.17, 15) is 4.79 Å². The van der Waals surface area contributed by atoms with Crippen molar-refractivity contribution in [1.29, 1.82) is 0 Å². The van der Waals surface area contributed by atoms with Crippen LogP contribution in [0, 0.1) is 23.7 Å². The molecule has 0 saturated carbocycles. The van der Waals surface area contributed by atoms with E-state index in [1.165, 1.54) is 0 Å². The Labute approximate surface area is 112 Å². The van der Waals surface area contributed by atoms with Gasteiger partial charge in [0.25, 0.3) is 0 Å². The average Bonchev–Trinajstić information content (AvgIpc) is 2.26. The summed E-state index contributed by atoms with van der Waals surface area (Å²) in [4.78, 5) is 14.7. The lowest BCUT2D eigenvalue weighted by Crippen LogP contribution is -2.47. The van der Waals surface area contributed by atoms with Crippen LogP contribution in [0.25, 0.3) is 0 Å². The Morgan fingerprint density at radius 1 is 1.17 bits per heavy atom. The number of nitrogens with one attached hydrogen (secondary N) is 1. The van der Waals surface area contributed by atoms with E-state index < -0.39 is 0 Å².